The molecule has 27 heavy (non-hydrogen) atoms. The summed E-state index contributed by atoms with van der Waals surface area (Å²) in [6, 6.07) is 7.91. The van der Waals surface area contributed by atoms with Crippen LogP contribution in [0, 0.1) is 6.92 Å². The lowest BCUT2D eigenvalue weighted by Crippen LogP contribution is -2.13. The first-order valence-corrected chi connectivity index (χ1v) is 9.55. The van der Waals surface area contributed by atoms with Crippen LogP contribution in [-0.4, -0.2) is 22.6 Å². The van der Waals surface area contributed by atoms with Crippen LogP contribution in [0.15, 0.2) is 35.3 Å². The number of thiophene rings is 1. The van der Waals surface area contributed by atoms with E-state index in [0.29, 0.717) is 18.7 Å². The third-order valence-corrected chi connectivity index (χ3v) is 5.61. The lowest BCUT2D eigenvalue weighted by atomic mass is 10.1. The molecule has 0 saturated heterocycles. The molecule has 0 bridgehead atoms. The zero-order valence-electron chi connectivity index (χ0n) is 15.9. The summed E-state index contributed by atoms with van der Waals surface area (Å²) >= 11 is 1.68. The van der Waals surface area contributed by atoms with Gasteiger partial charge in [-0.3, -0.25) is 4.79 Å². The number of hydrogen-bond donors (Lipinski definition) is 2. The monoisotopic (exact) mass is 385 g/mol. The Balaban J connectivity index is 1.76. The van der Waals surface area contributed by atoms with Gasteiger partial charge in [0.25, 0.3) is 5.56 Å². The van der Waals surface area contributed by atoms with Crippen molar-refractivity contribution in [3.63, 3.8) is 0 Å². The number of nitrogens with one attached hydrogen (secondary N) is 2. The minimum Gasteiger partial charge on any atom is -0.464 e. The zero-order chi connectivity index (χ0) is 19.6. The van der Waals surface area contributed by atoms with E-state index in [9.17, 15) is 9.59 Å². The average Bonchev–Trinajstić information content (AvgIpc) is 3.26. The van der Waals surface area contributed by atoms with Gasteiger partial charge < -0.3 is 19.6 Å². The highest BCUT2D eigenvalue weighted by atomic mass is 32.1. The fourth-order valence-corrected chi connectivity index (χ4v) is 3.98. The van der Waals surface area contributed by atoms with Crippen molar-refractivity contribution in [2.75, 3.05) is 12.4 Å². The van der Waals surface area contributed by atoms with Gasteiger partial charge in [-0.05, 0) is 37.6 Å². The van der Waals surface area contributed by atoms with Gasteiger partial charge in [0.15, 0.2) is 0 Å². The third-order valence-electron chi connectivity index (χ3n) is 4.49. The number of hydrogen-bond acceptors (Lipinski definition) is 5. The summed E-state index contributed by atoms with van der Waals surface area (Å²) in [5.41, 5.74) is 4.09. The topological polar surface area (TPSA) is 76.1 Å². The standard InChI is InChI=1S/C20H23N3O3S/c1-5-13-8-16(12(2)22-19(13)24)18-7-6-15(27-18)10-21-14-9-17(20(25)26-4)23(3)11-14/h6-9,11,21H,5,10H2,1-4H3,(H,22,24). The van der Waals surface area contributed by atoms with Crippen LogP contribution >= 0.6 is 11.3 Å². The number of esters is 1. The van der Waals surface area contributed by atoms with Crippen LogP contribution in [0.2, 0.25) is 0 Å². The number of aryl methyl sites for hydroxylation is 3. The van der Waals surface area contributed by atoms with E-state index >= 15 is 0 Å². The second kappa shape index (κ2) is 7.84. The molecule has 0 saturated carbocycles. The molecule has 2 N–H and O–H groups in total. The molecule has 0 spiro atoms. The third kappa shape index (κ3) is 3.98. The number of anilines is 1. The summed E-state index contributed by atoms with van der Waals surface area (Å²) in [5, 5.41) is 3.34. The number of aromatic amines is 1. The summed E-state index contributed by atoms with van der Waals surface area (Å²) in [7, 11) is 3.18. The number of carbonyl (C=O) groups is 1. The number of carbonyl (C=O) groups excluding carboxylic acids is 1. The smallest absolute Gasteiger partial charge is 0.354 e. The van der Waals surface area contributed by atoms with E-state index in [-0.39, 0.29) is 11.5 Å². The van der Waals surface area contributed by atoms with Gasteiger partial charge in [-0.15, -0.1) is 11.3 Å². The Hall–Kier alpha value is -2.80. The van der Waals surface area contributed by atoms with Crippen molar-refractivity contribution in [1.82, 2.24) is 9.55 Å². The molecule has 0 aliphatic heterocycles. The van der Waals surface area contributed by atoms with Gasteiger partial charge in [0, 0.05) is 46.4 Å². The quantitative estimate of drug-likeness (QED) is 0.634. The first-order valence-electron chi connectivity index (χ1n) is 8.73. The summed E-state index contributed by atoms with van der Waals surface area (Å²) in [5.74, 6) is -0.357. The van der Waals surface area contributed by atoms with E-state index in [0.717, 1.165) is 32.3 Å². The zero-order valence-corrected chi connectivity index (χ0v) is 16.7. The number of pyridine rings is 1. The molecule has 0 unspecified atom stereocenters. The maximum Gasteiger partial charge on any atom is 0.354 e. The fourth-order valence-electron chi connectivity index (χ4n) is 2.96. The molecule has 3 aromatic rings. The Bertz CT molecular complexity index is 1030. The van der Waals surface area contributed by atoms with Gasteiger partial charge in [0.2, 0.25) is 0 Å². The Morgan fingerprint density at radius 2 is 2.11 bits per heavy atom. The summed E-state index contributed by atoms with van der Waals surface area (Å²) in [6.07, 6.45) is 2.57. The van der Waals surface area contributed by atoms with E-state index in [2.05, 4.69) is 22.4 Å². The number of rotatable bonds is 6. The van der Waals surface area contributed by atoms with E-state index in [1.54, 1.807) is 22.0 Å². The van der Waals surface area contributed by atoms with Gasteiger partial charge in [-0.1, -0.05) is 6.92 Å². The molecular weight excluding hydrogens is 362 g/mol. The number of nitrogens with zero attached hydrogens (tertiary/aromatic N) is 1. The maximum absolute atomic E-state index is 11.9. The van der Waals surface area contributed by atoms with Crippen molar-refractivity contribution in [3.05, 3.63) is 62.6 Å². The number of H-pyrrole nitrogens is 1. The van der Waals surface area contributed by atoms with Crippen LogP contribution in [0.4, 0.5) is 5.69 Å². The Labute approximate surface area is 161 Å². The van der Waals surface area contributed by atoms with Crippen LogP contribution in [0.1, 0.15) is 33.5 Å². The minimum absolute atomic E-state index is 0.0114. The first-order chi connectivity index (χ1) is 12.9. The van der Waals surface area contributed by atoms with E-state index in [1.165, 1.54) is 7.11 Å². The van der Waals surface area contributed by atoms with Gasteiger partial charge in [0.1, 0.15) is 5.69 Å². The fraction of sp³-hybridized carbons (Fsp3) is 0.300. The normalized spacial score (nSPS) is 10.8. The number of methoxy groups -OCH3 is 1. The molecule has 0 fully saturated rings. The number of ether oxygens (including phenoxy) is 1. The second-order valence-electron chi connectivity index (χ2n) is 6.35. The Kier molecular flexibility index (Phi) is 5.51. The van der Waals surface area contributed by atoms with E-state index in [4.69, 9.17) is 4.74 Å². The van der Waals surface area contributed by atoms with Crippen molar-refractivity contribution in [3.8, 4) is 10.4 Å². The largest absolute Gasteiger partial charge is 0.464 e. The lowest BCUT2D eigenvalue weighted by molar-refractivity contribution is 0.0590. The summed E-state index contributed by atoms with van der Waals surface area (Å²) < 4.78 is 6.51. The van der Waals surface area contributed by atoms with Crippen LogP contribution in [0.5, 0.6) is 0 Å². The average molecular weight is 385 g/mol. The van der Waals surface area contributed by atoms with Crippen molar-refractivity contribution in [1.29, 1.82) is 0 Å². The Morgan fingerprint density at radius 3 is 2.81 bits per heavy atom. The molecule has 0 radical (unpaired) electrons. The highest BCUT2D eigenvalue weighted by molar-refractivity contribution is 7.15. The van der Waals surface area contributed by atoms with Gasteiger partial charge in [-0.25, -0.2) is 4.79 Å². The molecule has 0 atom stereocenters. The van der Waals surface area contributed by atoms with Crippen LogP contribution < -0.4 is 10.9 Å². The second-order valence-corrected chi connectivity index (χ2v) is 7.52. The molecule has 0 amide bonds. The molecule has 7 heteroatoms. The maximum atomic E-state index is 11.9. The van der Waals surface area contributed by atoms with E-state index < -0.39 is 0 Å². The molecule has 3 heterocycles. The predicted molar refractivity (Wildman–Crippen MR) is 109 cm³/mol. The molecule has 0 aromatic carbocycles. The van der Waals surface area contributed by atoms with Gasteiger partial charge in [0.05, 0.1) is 12.8 Å². The van der Waals surface area contributed by atoms with Crippen LogP contribution in [0.25, 0.3) is 10.4 Å². The molecule has 3 aromatic heterocycles. The molecule has 0 aliphatic carbocycles. The predicted octanol–water partition coefficient (Wildman–Crippen LogP) is 3.71. The molecule has 0 aliphatic rings. The highest BCUT2D eigenvalue weighted by Crippen LogP contribution is 2.30. The molecule has 142 valence electrons. The lowest BCUT2D eigenvalue weighted by Gasteiger charge is -2.06. The first kappa shape index (κ1) is 19.0. The van der Waals surface area contributed by atoms with Crippen molar-refractivity contribution in [2.45, 2.75) is 26.8 Å². The summed E-state index contributed by atoms with van der Waals surface area (Å²) in [6.45, 7) is 4.56. The molecule has 6 nitrogen and oxygen atoms in total. The highest BCUT2D eigenvalue weighted by Gasteiger charge is 2.13. The van der Waals surface area contributed by atoms with Gasteiger partial charge >= 0.3 is 5.97 Å². The van der Waals surface area contributed by atoms with Crippen molar-refractivity contribution < 1.29 is 9.53 Å². The molecule has 3 rings (SSSR count). The van der Waals surface area contributed by atoms with Crippen molar-refractivity contribution in [2.24, 2.45) is 7.05 Å². The van der Waals surface area contributed by atoms with Gasteiger partial charge in [-0.2, -0.15) is 0 Å². The minimum atomic E-state index is -0.357. The summed E-state index contributed by atoms with van der Waals surface area (Å²) in [4.78, 5) is 28.8. The number of aromatic nitrogens is 2. The Morgan fingerprint density at radius 1 is 1.33 bits per heavy atom. The van der Waals surface area contributed by atoms with Crippen LogP contribution in [-0.2, 0) is 24.8 Å². The van der Waals surface area contributed by atoms with Crippen LogP contribution in [0.3, 0.4) is 0 Å². The van der Waals surface area contributed by atoms with E-state index in [1.807, 2.05) is 33.2 Å². The molecular formula is C20H23N3O3S. The SMILES string of the molecule is CCc1cc(-c2ccc(CNc3cc(C(=O)OC)n(C)c3)s2)c(C)[nH]c1=O. The van der Waals surface area contributed by atoms with Crippen molar-refractivity contribution >= 4 is 23.0 Å².